The molecule has 1 fully saturated rings. The molecule has 0 saturated carbocycles. The molecule has 1 amide bonds. The van der Waals surface area contributed by atoms with E-state index in [-0.39, 0.29) is 18.5 Å². The van der Waals surface area contributed by atoms with Crippen LogP contribution in [0.1, 0.15) is 38.9 Å². The molecule has 3 heterocycles. The maximum atomic E-state index is 13.0. The molecule has 0 aliphatic carbocycles. The molecule has 7 nitrogen and oxygen atoms in total. The van der Waals surface area contributed by atoms with E-state index in [0.717, 1.165) is 23.5 Å². The molecule has 10 heteroatoms. The number of pyridine rings is 1. The largest absolute Gasteiger partial charge is 0.416 e. The number of carbonyl (C=O) groups is 1. The number of nitrogens with zero attached hydrogens (tertiary/aromatic N) is 4. The Morgan fingerprint density at radius 2 is 1.82 bits per heavy atom. The molecule has 0 radical (unpaired) electrons. The summed E-state index contributed by atoms with van der Waals surface area (Å²) in [5.74, 6) is 0.302. The van der Waals surface area contributed by atoms with Gasteiger partial charge in [-0.2, -0.15) is 18.3 Å². The van der Waals surface area contributed by atoms with Gasteiger partial charge >= 0.3 is 6.18 Å². The van der Waals surface area contributed by atoms with Crippen LogP contribution in [0.15, 0.2) is 48.7 Å². The van der Waals surface area contributed by atoms with Gasteiger partial charge in [0.15, 0.2) is 5.82 Å². The molecule has 3 aromatic rings. The number of halogens is 3. The Balaban J connectivity index is 1.47. The Hall–Kier alpha value is -3.24. The lowest BCUT2D eigenvalue weighted by atomic mass is 10.0. The Morgan fingerprint density at radius 1 is 1.12 bits per heavy atom. The first kappa shape index (κ1) is 23.9. The van der Waals surface area contributed by atoms with E-state index in [0.29, 0.717) is 43.2 Å². The van der Waals surface area contributed by atoms with Crippen molar-refractivity contribution in [2.24, 2.45) is 0 Å². The van der Waals surface area contributed by atoms with E-state index in [1.54, 1.807) is 16.8 Å². The van der Waals surface area contributed by atoms with Crippen LogP contribution in [0.4, 0.5) is 13.2 Å². The molecule has 1 unspecified atom stereocenters. The van der Waals surface area contributed by atoms with Gasteiger partial charge in [-0.1, -0.05) is 12.1 Å². The summed E-state index contributed by atoms with van der Waals surface area (Å²) >= 11 is 0. The van der Waals surface area contributed by atoms with E-state index in [4.69, 9.17) is 4.74 Å². The SMILES string of the molecule is Cc1cc(C)n(-c2ccc(C(=O)NCC(c3ccc(C(F)(F)F)cc3)N3CCOCC3)cn2)n1. The van der Waals surface area contributed by atoms with Gasteiger partial charge in [0.05, 0.1) is 36.1 Å². The van der Waals surface area contributed by atoms with Gasteiger partial charge < -0.3 is 10.1 Å². The molecule has 1 aliphatic heterocycles. The summed E-state index contributed by atoms with van der Waals surface area (Å²) in [5.41, 5.74) is 2.20. The molecule has 180 valence electrons. The van der Waals surface area contributed by atoms with Crippen LogP contribution in [0.3, 0.4) is 0 Å². The highest BCUT2D eigenvalue weighted by molar-refractivity contribution is 5.93. The lowest BCUT2D eigenvalue weighted by Gasteiger charge is -2.35. The van der Waals surface area contributed by atoms with Crippen LogP contribution in [0.5, 0.6) is 0 Å². The second-order valence-corrected chi connectivity index (χ2v) is 8.24. The number of carbonyl (C=O) groups excluding carboxylic acids is 1. The number of aromatic nitrogens is 3. The highest BCUT2D eigenvalue weighted by Crippen LogP contribution is 2.31. The number of rotatable bonds is 6. The number of aryl methyl sites for hydroxylation is 2. The summed E-state index contributed by atoms with van der Waals surface area (Å²) in [6.45, 7) is 6.37. The Labute approximate surface area is 195 Å². The second-order valence-electron chi connectivity index (χ2n) is 8.24. The summed E-state index contributed by atoms with van der Waals surface area (Å²) in [6.07, 6.45) is -2.91. The standard InChI is InChI=1S/C24H26F3N5O2/c1-16-13-17(2)32(30-16)22-8-5-19(14-28-22)23(33)29-15-21(31-9-11-34-12-10-31)18-3-6-20(7-4-18)24(25,26)27/h3-8,13-14,21H,9-12,15H2,1-2H3,(H,29,33). The van der Waals surface area contributed by atoms with Gasteiger partial charge in [0, 0.05) is 31.5 Å². The van der Waals surface area contributed by atoms with E-state index < -0.39 is 11.7 Å². The molecule has 1 saturated heterocycles. The van der Waals surface area contributed by atoms with Crippen molar-refractivity contribution < 1.29 is 22.7 Å². The maximum absolute atomic E-state index is 13.0. The molecule has 4 rings (SSSR count). The van der Waals surface area contributed by atoms with Crippen LogP contribution in [0.25, 0.3) is 5.82 Å². The van der Waals surface area contributed by atoms with Gasteiger partial charge in [-0.3, -0.25) is 9.69 Å². The fraction of sp³-hybridized carbons (Fsp3) is 0.375. The molecule has 0 spiro atoms. The first-order chi connectivity index (χ1) is 16.2. The summed E-state index contributed by atoms with van der Waals surface area (Å²) in [5, 5.41) is 7.30. The van der Waals surface area contributed by atoms with Crippen LogP contribution in [0, 0.1) is 13.8 Å². The zero-order valence-corrected chi connectivity index (χ0v) is 19.0. The minimum absolute atomic E-state index is 0.239. The highest BCUT2D eigenvalue weighted by Gasteiger charge is 2.31. The molecule has 2 aromatic heterocycles. The molecule has 1 aliphatic rings. The summed E-state index contributed by atoms with van der Waals surface area (Å²) < 4.78 is 46.1. The predicted molar refractivity (Wildman–Crippen MR) is 120 cm³/mol. The molecule has 34 heavy (non-hydrogen) atoms. The zero-order chi connectivity index (χ0) is 24.3. The third kappa shape index (κ3) is 5.45. The number of benzene rings is 1. The van der Waals surface area contributed by atoms with Crippen molar-refractivity contribution in [2.75, 3.05) is 32.8 Å². The second kappa shape index (κ2) is 9.94. The van der Waals surface area contributed by atoms with E-state index in [2.05, 4.69) is 20.3 Å². The van der Waals surface area contributed by atoms with Crippen molar-refractivity contribution in [3.63, 3.8) is 0 Å². The van der Waals surface area contributed by atoms with Crippen molar-refractivity contribution in [1.82, 2.24) is 25.0 Å². The van der Waals surface area contributed by atoms with Gasteiger partial charge in [-0.15, -0.1) is 0 Å². The molecule has 1 N–H and O–H groups in total. The van der Waals surface area contributed by atoms with Crippen molar-refractivity contribution in [2.45, 2.75) is 26.1 Å². The Morgan fingerprint density at radius 3 is 2.38 bits per heavy atom. The Kier molecular flexibility index (Phi) is 6.99. The average molecular weight is 473 g/mol. The molecule has 0 bridgehead atoms. The number of nitrogens with one attached hydrogen (secondary N) is 1. The van der Waals surface area contributed by atoms with Gasteiger partial charge in [0.1, 0.15) is 0 Å². The fourth-order valence-corrected chi connectivity index (χ4v) is 4.04. The predicted octanol–water partition coefficient (Wildman–Crippen LogP) is 3.71. The lowest BCUT2D eigenvalue weighted by Crippen LogP contribution is -2.43. The number of ether oxygens (including phenoxy) is 1. The number of alkyl halides is 3. The molecule has 1 aromatic carbocycles. The van der Waals surface area contributed by atoms with Crippen LogP contribution < -0.4 is 5.32 Å². The van der Waals surface area contributed by atoms with Crippen molar-refractivity contribution in [3.8, 4) is 5.82 Å². The minimum atomic E-state index is -4.40. The van der Waals surface area contributed by atoms with Gasteiger partial charge in [-0.25, -0.2) is 9.67 Å². The first-order valence-electron chi connectivity index (χ1n) is 11.0. The van der Waals surface area contributed by atoms with Gasteiger partial charge in [0.2, 0.25) is 0 Å². The molecular weight excluding hydrogens is 447 g/mol. The van der Waals surface area contributed by atoms with Gasteiger partial charge in [-0.05, 0) is 49.7 Å². The third-order valence-electron chi connectivity index (χ3n) is 5.80. The number of amides is 1. The van der Waals surface area contributed by atoms with Crippen LogP contribution in [-0.4, -0.2) is 58.4 Å². The van der Waals surface area contributed by atoms with Gasteiger partial charge in [0.25, 0.3) is 5.91 Å². The van der Waals surface area contributed by atoms with Crippen molar-refractivity contribution in [3.05, 3.63) is 76.7 Å². The van der Waals surface area contributed by atoms with Crippen LogP contribution in [0.2, 0.25) is 0 Å². The van der Waals surface area contributed by atoms with E-state index >= 15 is 0 Å². The lowest BCUT2D eigenvalue weighted by molar-refractivity contribution is -0.137. The zero-order valence-electron chi connectivity index (χ0n) is 19.0. The first-order valence-corrected chi connectivity index (χ1v) is 11.0. The van der Waals surface area contributed by atoms with E-state index in [1.165, 1.54) is 18.3 Å². The highest BCUT2D eigenvalue weighted by atomic mass is 19.4. The van der Waals surface area contributed by atoms with Crippen LogP contribution in [-0.2, 0) is 10.9 Å². The van der Waals surface area contributed by atoms with E-state index in [9.17, 15) is 18.0 Å². The normalized spacial score (nSPS) is 15.8. The summed E-state index contributed by atoms with van der Waals surface area (Å²) in [4.78, 5) is 19.3. The minimum Gasteiger partial charge on any atom is -0.379 e. The Bertz CT molecular complexity index is 1120. The van der Waals surface area contributed by atoms with Crippen molar-refractivity contribution >= 4 is 5.91 Å². The molecular formula is C24H26F3N5O2. The number of hydrogen-bond acceptors (Lipinski definition) is 5. The summed E-state index contributed by atoms with van der Waals surface area (Å²) in [6, 6.07) is 10.2. The van der Waals surface area contributed by atoms with E-state index in [1.807, 2.05) is 19.9 Å². The van der Waals surface area contributed by atoms with Crippen LogP contribution >= 0.6 is 0 Å². The quantitative estimate of drug-likeness (QED) is 0.591. The smallest absolute Gasteiger partial charge is 0.379 e. The monoisotopic (exact) mass is 473 g/mol. The maximum Gasteiger partial charge on any atom is 0.416 e. The fourth-order valence-electron chi connectivity index (χ4n) is 4.04. The van der Waals surface area contributed by atoms with Crippen molar-refractivity contribution in [1.29, 1.82) is 0 Å². The third-order valence-corrected chi connectivity index (χ3v) is 5.80. The topological polar surface area (TPSA) is 72.3 Å². The number of hydrogen-bond donors (Lipinski definition) is 1. The average Bonchev–Trinajstić information content (AvgIpc) is 3.17. The number of morpholine rings is 1. The summed E-state index contributed by atoms with van der Waals surface area (Å²) in [7, 11) is 0. The molecule has 1 atom stereocenters.